The zero-order valence-electron chi connectivity index (χ0n) is 16.1. The average molecular weight is 410 g/mol. The first-order chi connectivity index (χ1) is 14.5. The number of nitrogens with zero attached hydrogens (tertiary/aromatic N) is 4. The molecule has 154 valence electrons. The Morgan fingerprint density at radius 2 is 2.00 bits per heavy atom. The lowest BCUT2D eigenvalue weighted by molar-refractivity contribution is -0.116. The number of nitrogens with one attached hydrogen (secondary N) is 4. The Hall–Kier alpha value is -4.22. The first-order valence-electron chi connectivity index (χ1n) is 9.00. The van der Waals surface area contributed by atoms with Crippen LogP contribution in [0.25, 0.3) is 22.6 Å². The van der Waals surface area contributed by atoms with E-state index in [2.05, 4.69) is 35.5 Å². The molecule has 3 heterocycles. The van der Waals surface area contributed by atoms with Gasteiger partial charge in [0.1, 0.15) is 17.1 Å². The number of imidazole rings is 1. The number of hydrogen-bond donors (Lipinski definition) is 4. The summed E-state index contributed by atoms with van der Waals surface area (Å²) in [6.07, 6.45) is 0.308. The molecule has 4 aromatic rings. The van der Waals surface area contributed by atoms with E-state index in [0.29, 0.717) is 23.0 Å². The van der Waals surface area contributed by atoms with Crippen molar-refractivity contribution < 1.29 is 9.53 Å². The van der Waals surface area contributed by atoms with E-state index >= 15 is 0 Å². The number of anilines is 1. The summed E-state index contributed by atoms with van der Waals surface area (Å²) in [7, 11) is 3.06. The SMILES string of the molecule is COc1ccccc1-c1nc(NC(=O)CCc2nc3c([nH]2)c(=O)[nH]c(=O)n3C)n[nH]1. The summed E-state index contributed by atoms with van der Waals surface area (Å²) in [4.78, 5) is 49.3. The number of ether oxygens (including phenoxy) is 1. The highest BCUT2D eigenvalue weighted by Gasteiger charge is 2.14. The third-order valence-electron chi connectivity index (χ3n) is 4.49. The molecule has 0 radical (unpaired) electrons. The average Bonchev–Trinajstić information content (AvgIpc) is 3.38. The Balaban J connectivity index is 1.44. The molecule has 0 aliphatic rings. The second-order valence-corrected chi connectivity index (χ2v) is 6.46. The second kappa shape index (κ2) is 7.66. The number of rotatable bonds is 6. The monoisotopic (exact) mass is 410 g/mol. The number of aryl methyl sites for hydroxylation is 2. The van der Waals surface area contributed by atoms with Gasteiger partial charge in [-0.2, -0.15) is 4.98 Å². The quantitative estimate of drug-likeness (QED) is 0.355. The first-order valence-corrected chi connectivity index (χ1v) is 9.00. The van der Waals surface area contributed by atoms with Crippen LogP contribution < -0.4 is 21.3 Å². The minimum absolute atomic E-state index is 0.0736. The van der Waals surface area contributed by atoms with E-state index in [-0.39, 0.29) is 35.9 Å². The van der Waals surface area contributed by atoms with Crippen LogP contribution in [0.4, 0.5) is 5.95 Å². The molecule has 0 spiro atoms. The highest BCUT2D eigenvalue weighted by Crippen LogP contribution is 2.27. The van der Waals surface area contributed by atoms with Gasteiger partial charge < -0.3 is 9.72 Å². The van der Waals surface area contributed by atoms with Crippen molar-refractivity contribution in [1.29, 1.82) is 0 Å². The van der Waals surface area contributed by atoms with Gasteiger partial charge in [-0.15, -0.1) is 5.10 Å². The van der Waals surface area contributed by atoms with Crippen molar-refractivity contribution >= 4 is 23.0 Å². The summed E-state index contributed by atoms with van der Waals surface area (Å²) in [5.41, 5.74) is 0.0169. The van der Waals surface area contributed by atoms with Gasteiger partial charge in [0.15, 0.2) is 11.5 Å². The summed E-state index contributed by atoms with van der Waals surface area (Å²) in [5.74, 6) is 1.30. The minimum atomic E-state index is -0.557. The summed E-state index contributed by atoms with van der Waals surface area (Å²) in [5, 5.41) is 9.37. The van der Waals surface area contributed by atoms with E-state index in [0.717, 1.165) is 0 Å². The smallest absolute Gasteiger partial charge is 0.329 e. The zero-order valence-corrected chi connectivity index (χ0v) is 16.1. The van der Waals surface area contributed by atoms with E-state index in [4.69, 9.17) is 4.74 Å². The minimum Gasteiger partial charge on any atom is -0.496 e. The molecular formula is C18H18N8O4. The number of carbonyl (C=O) groups is 1. The summed E-state index contributed by atoms with van der Waals surface area (Å²) >= 11 is 0. The molecule has 1 amide bonds. The van der Waals surface area contributed by atoms with E-state index in [1.165, 1.54) is 11.6 Å². The Kier molecular flexibility index (Phi) is 4.88. The number of benzene rings is 1. The molecule has 4 rings (SSSR count). The van der Waals surface area contributed by atoms with Gasteiger partial charge in [0.25, 0.3) is 5.56 Å². The molecule has 12 nitrogen and oxygen atoms in total. The highest BCUT2D eigenvalue weighted by atomic mass is 16.5. The molecule has 4 N–H and O–H groups in total. The van der Waals surface area contributed by atoms with E-state index < -0.39 is 11.2 Å². The number of aromatic nitrogens is 7. The topological polar surface area (TPSA) is 163 Å². The van der Waals surface area contributed by atoms with Crippen molar-refractivity contribution in [3.63, 3.8) is 0 Å². The van der Waals surface area contributed by atoms with Crippen LogP contribution in [0.5, 0.6) is 5.75 Å². The van der Waals surface area contributed by atoms with E-state index in [9.17, 15) is 14.4 Å². The fraction of sp³-hybridized carbons (Fsp3) is 0.222. The Bertz CT molecular complexity index is 1350. The fourth-order valence-electron chi connectivity index (χ4n) is 2.97. The molecule has 3 aromatic heterocycles. The molecule has 0 aliphatic heterocycles. The maximum atomic E-state index is 12.3. The van der Waals surface area contributed by atoms with Gasteiger partial charge in [0.05, 0.1) is 12.7 Å². The molecule has 0 aliphatic carbocycles. The van der Waals surface area contributed by atoms with Gasteiger partial charge in [-0.25, -0.2) is 9.78 Å². The molecule has 0 unspecified atom stereocenters. The van der Waals surface area contributed by atoms with Gasteiger partial charge in [0, 0.05) is 19.9 Å². The normalized spacial score (nSPS) is 11.0. The van der Waals surface area contributed by atoms with Crippen molar-refractivity contribution in [2.24, 2.45) is 7.05 Å². The van der Waals surface area contributed by atoms with Crippen molar-refractivity contribution in [2.45, 2.75) is 12.8 Å². The molecule has 0 bridgehead atoms. The summed E-state index contributed by atoms with van der Waals surface area (Å²) in [6, 6.07) is 7.30. The molecule has 12 heteroatoms. The first kappa shape index (κ1) is 19.1. The largest absolute Gasteiger partial charge is 0.496 e. The van der Waals surface area contributed by atoms with Crippen LogP contribution in [0.3, 0.4) is 0 Å². The molecule has 0 atom stereocenters. The van der Waals surface area contributed by atoms with Crippen LogP contribution in [0, 0.1) is 0 Å². The number of para-hydroxylation sites is 1. The predicted octanol–water partition coefficient (Wildman–Crippen LogP) is 0.315. The van der Waals surface area contributed by atoms with Crippen LogP contribution in [0.1, 0.15) is 12.2 Å². The van der Waals surface area contributed by atoms with Gasteiger partial charge in [0.2, 0.25) is 11.9 Å². The Labute approximate surface area is 168 Å². The maximum Gasteiger partial charge on any atom is 0.329 e. The number of methoxy groups -OCH3 is 1. The molecular weight excluding hydrogens is 392 g/mol. The summed E-state index contributed by atoms with van der Waals surface area (Å²) in [6.45, 7) is 0. The van der Waals surface area contributed by atoms with Crippen molar-refractivity contribution in [2.75, 3.05) is 12.4 Å². The van der Waals surface area contributed by atoms with Gasteiger partial charge >= 0.3 is 5.69 Å². The number of H-pyrrole nitrogens is 3. The Morgan fingerprint density at radius 1 is 1.20 bits per heavy atom. The van der Waals surface area contributed by atoms with Crippen LogP contribution >= 0.6 is 0 Å². The van der Waals surface area contributed by atoms with E-state index in [1.807, 2.05) is 18.2 Å². The van der Waals surface area contributed by atoms with Gasteiger partial charge in [-0.3, -0.25) is 29.6 Å². The lowest BCUT2D eigenvalue weighted by Gasteiger charge is -2.04. The van der Waals surface area contributed by atoms with Crippen LogP contribution in [-0.4, -0.2) is 47.7 Å². The lowest BCUT2D eigenvalue weighted by atomic mass is 10.2. The molecule has 0 saturated carbocycles. The van der Waals surface area contributed by atoms with Crippen LogP contribution in [0.2, 0.25) is 0 Å². The maximum absolute atomic E-state index is 12.3. The number of hydrogen-bond acceptors (Lipinski definition) is 7. The number of amides is 1. The number of carbonyl (C=O) groups excluding carboxylic acids is 1. The third kappa shape index (κ3) is 3.57. The molecule has 0 saturated heterocycles. The highest BCUT2D eigenvalue weighted by molar-refractivity contribution is 5.89. The van der Waals surface area contributed by atoms with Crippen LogP contribution in [-0.2, 0) is 18.3 Å². The van der Waals surface area contributed by atoms with E-state index in [1.54, 1.807) is 13.2 Å². The standard InChI is InChI=1S/C18H18N8O4/c1-26-15-13(16(28)23-18(26)29)19-11(20-15)7-8-12(27)21-17-22-14(24-25-17)9-5-3-4-6-10(9)30-2/h3-6H,7-8H2,1-2H3,(H,19,20)(H,23,28,29)(H2,21,22,24,25,27). The van der Waals surface area contributed by atoms with Crippen molar-refractivity contribution in [3.8, 4) is 17.1 Å². The fourth-order valence-corrected chi connectivity index (χ4v) is 2.97. The Morgan fingerprint density at radius 3 is 2.80 bits per heavy atom. The summed E-state index contributed by atoms with van der Waals surface area (Å²) < 4.78 is 6.52. The zero-order chi connectivity index (χ0) is 21.3. The predicted molar refractivity (Wildman–Crippen MR) is 107 cm³/mol. The lowest BCUT2D eigenvalue weighted by Crippen LogP contribution is -2.28. The molecule has 30 heavy (non-hydrogen) atoms. The van der Waals surface area contributed by atoms with Crippen molar-refractivity contribution in [3.05, 3.63) is 50.9 Å². The third-order valence-corrected chi connectivity index (χ3v) is 4.49. The van der Waals surface area contributed by atoms with Crippen LogP contribution in [0.15, 0.2) is 33.9 Å². The van der Waals surface area contributed by atoms with Gasteiger partial charge in [-0.05, 0) is 12.1 Å². The van der Waals surface area contributed by atoms with Gasteiger partial charge in [-0.1, -0.05) is 12.1 Å². The number of aromatic amines is 3. The number of fused-ring (bicyclic) bond motifs is 1. The molecule has 0 fully saturated rings. The second-order valence-electron chi connectivity index (χ2n) is 6.46. The molecule has 1 aromatic carbocycles. The van der Waals surface area contributed by atoms with Crippen molar-refractivity contribution in [1.82, 2.24) is 34.7 Å².